The van der Waals surface area contributed by atoms with Crippen molar-refractivity contribution in [1.29, 1.82) is 0 Å². The molecule has 1 heterocycles. The largest absolute Gasteiger partial charge is 0.496 e. The van der Waals surface area contributed by atoms with Gasteiger partial charge in [-0.05, 0) is 46.3 Å². The SMILES string of the molecule is COc1ccc(S(=O)(=O)N(C)c2cccnc2)cc1Br. The molecule has 2 aromatic rings. The van der Waals surface area contributed by atoms with E-state index in [2.05, 4.69) is 20.9 Å². The third kappa shape index (κ3) is 2.78. The highest BCUT2D eigenvalue weighted by atomic mass is 79.9. The van der Waals surface area contributed by atoms with Gasteiger partial charge in [-0.3, -0.25) is 9.29 Å². The Morgan fingerprint density at radius 1 is 1.30 bits per heavy atom. The Balaban J connectivity index is 2.43. The fraction of sp³-hybridized carbons (Fsp3) is 0.154. The standard InChI is InChI=1S/C13H13BrN2O3S/c1-16(10-4-3-7-15-9-10)20(17,18)11-5-6-13(19-2)12(14)8-11/h3-9H,1-2H3. The number of hydrogen-bond donors (Lipinski definition) is 0. The van der Waals surface area contributed by atoms with Gasteiger partial charge in [0.1, 0.15) is 5.75 Å². The fourth-order valence-electron chi connectivity index (χ4n) is 1.64. The normalized spacial score (nSPS) is 11.2. The Kier molecular flexibility index (Phi) is 4.29. The second-order valence-corrected chi connectivity index (χ2v) is 6.80. The van der Waals surface area contributed by atoms with Crippen molar-refractivity contribution in [2.45, 2.75) is 4.90 Å². The van der Waals surface area contributed by atoms with Crippen LogP contribution in [0.2, 0.25) is 0 Å². The van der Waals surface area contributed by atoms with E-state index >= 15 is 0 Å². The maximum Gasteiger partial charge on any atom is 0.264 e. The van der Waals surface area contributed by atoms with Crippen molar-refractivity contribution in [3.8, 4) is 5.75 Å². The van der Waals surface area contributed by atoms with Gasteiger partial charge in [-0.1, -0.05) is 0 Å². The number of methoxy groups -OCH3 is 1. The van der Waals surface area contributed by atoms with Gasteiger partial charge in [-0.2, -0.15) is 0 Å². The van der Waals surface area contributed by atoms with Crippen LogP contribution >= 0.6 is 15.9 Å². The van der Waals surface area contributed by atoms with Gasteiger partial charge in [0.25, 0.3) is 10.0 Å². The van der Waals surface area contributed by atoms with E-state index in [-0.39, 0.29) is 4.90 Å². The van der Waals surface area contributed by atoms with Crippen LogP contribution in [0.25, 0.3) is 0 Å². The monoisotopic (exact) mass is 356 g/mol. The molecule has 7 heteroatoms. The fourth-order valence-corrected chi connectivity index (χ4v) is 3.55. The topological polar surface area (TPSA) is 59.5 Å². The molecule has 106 valence electrons. The van der Waals surface area contributed by atoms with E-state index in [1.807, 2.05) is 0 Å². The molecule has 0 saturated heterocycles. The molecule has 0 unspecified atom stereocenters. The summed E-state index contributed by atoms with van der Waals surface area (Å²) in [6.45, 7) is 0. The van der Waals surface area contributed by atoms with Crippen LogP contribution in [0.5, 0.6) is 5.75 Å². The van der Waals surface area contributed by atoms with E-state index in [9.17, 15) is 8.42 Å². The number of hydrogen-bond acceptors (Lipinski definition) is 4. The summed E-state index contributed by atoms with van der Waals surface area (Å²) in [4.78, 5) is 4.10. The molecule has 0 bridgehead atoms. The summed E-state index contributed by atoms with van der Waals surface area (Å²) in [5, 5.41) is 0. The quantitative estimate of drug-likeness (QED) is 0.844. The third-order valence-electron chi connectivity index (χ3n) is 2.79. The lowest BCUT2D eigenvalue weighted by Gasteiger charge is -2.19. The van der Waals surface area contributed by atoms with E-state index in [1.165, 1.54) is 36.8 Å². The molecule has 0 aliphatic carbocycles. The Hall–Kier alpha value is -1.60. The first kappa shape index (κ1) is 14.8. The van der Waals surface area contributed by atoms with E-state index in [0.717, 1.165) is 0 Å². The molecule has 0 amide bonds. The number of aromatic nitrogens is 1. The second-order valence-electron chi connectivity index (χ2n) is 3.98. The minimum atomic E-state index is -3.63. The summed E-state index contributed by atoms with van der Waals surface area (Å²) in [5.41, 5.74) is 0.499. The van der Waals surface area contributed by atoms with E-state index in [1.54, 1.807) is 24.4 Å². The average molecular weight is 357 g/mol. The van der Waals surface area contributed by atoms with Gasteiger partial charge in [-0.15, -0.1) is 0 Å². The van der Waals surface area contributed by atoms with Crippen LogP contribution in [0.4, 0.5) is 5.69 Å². The molecular formula is C13H13BrN2O3S. The first-order valence-corrected chi connectivity index (χ1v) is 7.92. The number of ether oxygens (including phenoxy) is 1. The smallest absolute Gasteiger partial charge is 0.264 e. The van der Waals surface area contributed by atoms with E-state index in [4.69, 9.17) is 4.74 Å². The molecular weight excluding hydrogens is 344 g/mol. The molecule has 0 spiro atoms. The van der Waals surface area contributed by atoms with Crippen LogP contribution in [-0.4, -0.2) is 27.6 Å². The number of nitrogens with zero attached hydrogens (tertiary/aromatic N) is 2. The van der Waals surface area contributed by atoms with Crippen LogP contribution in [0, 0.1) is 0 Å². The summed E-state index contributed by atoms with van der Waals surface area (Å²) in [6, 6.07) is 8.00. The zero-order valence-corrected chi connectivity index (χ0v) is 13.3. The summed E-state index contributed by atoms with van der Waals surface area (Å²) < 4.78 is 31.9. The Labute approximate surface area is 126 Å². The van der Waals surface area contributed by atoms with Gasteiger partial charge < -0.3 is 4.74 Å². The molecule has 0 N–H and O–H groups in total. The zero-order valence-electron chi connectivity index (χ0n) is 10.9. The Morgan fingerprint density at radius 2 is 2.05 bits per heavy atom. The summed E-state index contributed by atoms with van der Waals surface area (Å²) in [7, 11) is -0.617. The Bertz CT molecular complexity index is 705. The minimum absolute atomic E-state index is 0.177. The van der Waals surface area contributed by atoms with Crippen molar-refractivity contribution >= 4 is 31.6 Å². The lowest BCUT2D eigenvalue weighted by atomic mass is 10.3. The lowest BCUT2D eigenvalue weighted by Crippen LogP contribution is -2.26. The highest BCUT2D eigenvalue weighted by molar-refractivity contribution is 9.10. The number of anilines is 1. The summed E-state index contributed by atoms with van der Waals surface area (Å²) >= 11 is 3.28. The Morgan fingerprint density at radius 3 is 2.60 bits per heavy atom. The van der Waals surface area contributed by atoms with Crippen molar-refractivity contribution in [1.82, 2.24) is 4.98 Å². The zero-order chi connectivity index (χ0) is 14.8. The molecule has 0 saturated carbocycles. The van der Waals surface area contributed by atoms with Crippen molar-refractivity contribution in [3.63, 3.8) is 0 Å². The van der Waals surface area contributed by atoms with Crippen LogP contribution in [0.1, 0.15) is 0 Å². The van der Waals surface area contributed by atoms with Crippen LogP contribution in [0.15, 0.2) is 52.1 Å². The molecule has 5 nitrogen and oxygen atoms in total. The van der Waals surface area contributed by atoms with Crippen molar-refractivity contribution < 1.29 is 13.2 Å². The van der Waals surface area contributed by atoms with Crippen molar-refractivity contribution in [2.75, 3.05) is 18.5 Å². The molecule has 0 fully saturated rings. The number of halogens is 1. The minimum Gasteiger partial charge on any atom is -0.496 e. The molecule has 0 aliphatic heterocycles. The van der Waals surface area contributed by atoms with Gasteiger partial charge in [0.2, 0.25) is 0 Å². The second kappa shape index (κ2) is 5.80. The van der Waals surface area contributed by atoms with Gasteiger partial charge in [0.15, 0.2) is 0 Å². The molecule has 1 aromatic carbocycles. The molecule has 0 aliphatic rings. The third-order valence-corrected chi connectivity index (χ3v) is 5.19. The average Bonchev–Trinajstić information content (AvgIpc) is 2.47. The number of sulfonamides is 1. The lowest BCUT2D eigenvalue weighted by molar-refractivity contribution is 0.411. The maximum absolute atomic E-state index is 12.5. The number of rotatable bonds is 4. The van der Waals surface area contributed by atoms with Gasteiger partial charge in [-0.25, -0.2) is 8.42 Å². The van der Waals surface area contributed by atoms with Gasteiger partial charge >= 0.3 is 0 Å². The van der Waals surface area contributed by atoms with Crippen molar-refractivity contribution in [3.05, 3.63) is 47.2 Å². The highest BCUT2D eigenvalue weighted by Gasteiger charge is 2.22. The molecule has 1 aromatic heterocycles. The summed E-state index contributed by atoms with van der Waals surface area (Å²) in [6.07, 6.45) is 3.09. The predicted molar refractivity (Wildman–Crippen MR) is 80.5 cm³/mol. The predicted octanol–water partition coefficient (Wildman–Crippen LogP) is 2.68. The van der Waals surface area contributed by atoms with Crippen LogP contribution in [-0.2, 0) is 10.0 Å². The van der Waals surface area contributed by atoms with Crippen LogP contribution in [0.3, 0.4) is 0 Å². The van der Waals surface area contributed by atoms with Crippen molar-refractivity contribution in [2.24, 2.45) is 0 Å². The van der Waals surface area contributed by atoms with Gasteiger partial charge in [0, 0.05) is 13.2 Å². The highest BCUT2D eigenvalue weighted by Crippen LogP contribution is 2.29. The summed E-state index contributed by atoms with van der Waals surface area (Å²) in [5.74, 6) is 0.577. The van der Waals surface area contributed by atoms with Gasteiger partial charge in [0.05, 0.1) is 28.4 Å². The molecule has 2 rings (SSSR count). The molecule has 20 heavy (non-hydrogen) atoms. The number of pyridine rings is 1. The van der Waals surface area contributed by atoms with Crippen LogP contribution < -0.4 is 9.04 Å². The van der Waals surface area contributed by atoms with E-state index < -0.39 is 10.0 Å². The van der Waals surface area contributed by atoms with E-state index in [0.29, 0.717) is 15.9 Å². The maximum atomic E-state index is 12.5. The first-order chi connectivity index (χ1) is 9.46. The molecule has 0 radical (unpaired) electrons. The first-order valence-electron chi connectivity index (χ1n) is 5.69. The molecule has 0 atom stereocenters. The number of benzene rings is 1.